The largest absolute Gasteiger partial charge is 0.439 e. The molecular formula is C17H12N4O4S2. The van der Waals surface area contributed by atoms with Crippen LogP contribution < -0.4 is 15.4 Å². The summed E-state index contributed by atoms with van der Waals surface area (Å²) in [5.41, 5.74) is 0.459. The van der Waals surface area contributed by atoms with Crippen LogP contribution in [0.2, 0.25) is 0 Å². The molecule has 2 aromatic heterocycles. The molecule has 2 N–H and O–H groups in total. The Morgan fingerprint density at radius 1 is 1.22 bits per heavy atom. The van der Waals surface area contributed by atoms with Gasteiger partial charge in [0.2, 0.25) is 5.88 Å². The van der Waals surface area contributed by atoms with E-state index < -0.39 is 4.92 Å². The number of anilines is 1. The van der Waals surface area contributed by atoms with E-state index in [0.717, 1.165) is 0 Å². The Bertz CT molecular complexity index is 992. The van der Waals surface area contributed by atoms with Crippen molar-refractivity contribution in [2.24, 2.45) is 0 Å². The summed E-state index contributed by atoms with van der Waals surface area (Å²) in [6, 6.07) is 12.7. The smallest absolute Gasteiger partial charge is 0.276 e. The molecule has 27 heavy (non-hydrogen) atoms. The first kappa shape index (κ1) is 18.4. The van der Waals surface area contributed by atoms with Crippen LogP contribution in [0, 0.1) is 10.1 Å². The molecule has 10 heteroatoms. The molecule has 0 aliphatic heterocycles. The number of amides is 1. The number of rotatable bonds is 5. The average molecular weight is 400 g/mol. The zero-order valence-electron chi connectivity index (χ0n) is 13.6. The number of nitrogens with one attached hydrogen (secondary N) is 2. The zero-order valence-corrected chi connectivity index (χ0v) is 15.3. The van der Waals surface area contributed by atoms with Gasteiger partial charge in [-0.05, 0) is 35.8 Å². The fourth-order valence-corrected chi connectivity index (χ4v) is 2.89. The lowest BCUT2D eigenvalue weighted by Gasteiger charge is -2.10. The highest BCUT2D eigenvalue weighted by atomic mass is 32.1. The molecule has 0 saturated carbocycles. The molecule has 0 spiro atoms. The number of carbonyl (C=O) groups excluding carboxylic acids is 1. The van der Waals surface area contributed by atoms with E-state index in [1.165, 1.54) is 29.7 Å². The summed E-state index contributed by atoms with van der Waals surface area (Å²) in [4.78, 5) is 26.8. The summed E-state index contributed by atoms with van der Waals surface area (Å²) in [6.45, 7) is 0. The maximum absolute atomic E-state index is 12.0. The van der Waals surface area contributed by atoms with Gasteiger partial charge in [-0.25, -0.2) is 4.98 Å². The number of benzene rings is 1. The van der Waals surface area contributed by atoms with Crippen molar-refractivity contribution >= 4 is 45.9 Å². The SMILES string of the molecule is O=C(NC(=S)Nc1cccc(Oc2cc([N+](=O)[O-])ccn2)c1)c1cccs1. The van der Waals surface area contributed by atoms with Gasteiger partial charge in [0.1, 0.15) is 5.75 Å². The Morgan fingerprint density at radius 2 is 2.07 bits per heavy atom. The number of nitrogens with zero attached hydrogens (tertiary/aromatic N) is 2. The molecular weight excluding hydrogens is 388 g/mol. The van der Waals surface area contributed by atoms with Gasteiger partial charge in [0.05, 0.1) is 15.9 Å². The number of thiophene rings is 1. The van der Waals surface area contributed by atoms with Crippen molar-refractivity contribution in [1.82, 2.24) is 10.3 Å². The van der Waals surface area contributed by atoms with Crippen LogP contribution >= 0.6 is 23.6 Å². The molecule has 0 saturated heterocycles. The molecule has 1 aromatic carbocycles. The number of carbonyl (C=O) groups is 1. The number of aromatic nitrogens is 1. The summed E-state index contributed by atoms with van der Waals surface area (Å²) < 4.78 is 5.55. The van der Waals surface area contributed by atoms with E-state index in [-0.39, 0.29) is 22.6 Å². The second kappa shape index (κ2) is 8.34. The number of hydrogen-bond donors (Lipinski definition) is 2. The van der Waals surface area contributed by atoms with Gasteiger partial charge in [-0.15, -0.1) is 11.3 Å². The van der Waals surface area contributed by atoms with Gasteiger partial charge in [-0.2, -0.15) is 0 Å². The Hall–Kier alpha value is -3.37. The molecule has 0 aliphatic carbocycles. The number of hydrogen-bond acceptors (Lipinski definition) is 7. The Kier molecular flexibility index (Phi) is 5.69. The summed E-state index contributed by atoms with van der Waals surface area (Å²) >= 11 is 6.45. The Labute approximate surface area is 163 Å². The van der Waals surface area contributed by atoms with Crippen LogP contribution in [-0.4, -0.2) is 20.9 Å². The monoisotopic (exact) mass is 400 g/mol. The van der Waals surface area contributed by atoms with Crippen molar-refractivity contribution in [3.8, 4) is 11.6 Å². The van der Waals surface area contributed by atoms with Crippen molar-refractivity contribution in [2.45, 2.75) is 0 Å². The van der Waals surface area contributed by atoms with E-state index in [0.29, 0.717) is 16.3 Å². The van der Waals surface area contributed by atoms with E-state index in [4.69, 9.17) is 17.0 Å². The van der Waals surface area contributed by atoms with Gasteiger partial charge in [-0.1, -0.05) is 12.1 Å². The third kappa shape index (κ3) is 5.06. The van der Waals surface area contributed by atoms with Gasteiger partial charge in [0, 0.05) is 24.0 Å². The first-order valence-corrected chi connectivity index (χ1v) is 8.84. The fourth-order valence-electron chi connectivity index (χ4n) is 2.06. The molecule has 8 nitrogen and oxygen atoms in total. The number of pyridine rings is 1. The topological polar surface area (TPSA) is 106 Å². The molecule has 136 valence electrons. The molecule has 0 unspecified atom stereocenters. The molecule has 2 heterocycles. The highest BCUT2D eigenvalue weighted by Gasteiger charge is 2.10. The highest BCUT2D eigenvalue weighted by molar-refractivity contribution is 7.80. The summed E-state index contributed by atoms with van der Waals surface area (Å²) in [7, 11) is 0. The number of ether oxygens (including phenoxy) is 1. The third-order valence-electron chi connectivity index (χ3n) is 3.22. The summed E-state index contributed by atoms with van der Waals surface area (Å²) in [5, 5.41) is 18.2. The van der Waals surface area contributed by atoms with Crippen molar-refractivity contribution in [3.63, 3.8) is 0 Å². The van der Waals surface area contributed by atoms with Crippen molar-refractivity contribution in [3.05, 3.63) is 75.1 Å². The highest BCUT2D eigenvalue weighted by Crippen LogP contribution is 2.25. The van der Waals surface area contributed by atoms with E-state index >= 15 is 0 Å². The molecule has 3 rings (SSSR count). The van der Waals surface area contributed by atoms with Gasteiger partial charge in [-0.3, -0.25) is 20.2 Å². The number of thiocarbonyl (C=S) groups is 1. The normalized spacial score (nSPS) is 10.1. The molecule has 0 bridgehead atoms. The lowest BCUT2D eigenvalue weighted by molar-refractivity contribution is -0.385. The van der Waals surface area contributed by atoms with Gasteiger partial charge in [0.25, 0.3) is 11.6 Å². The maximum atomic E-state index is 12.0. The van der Waals surface area contributed by atoms with Crippen LogP contribution in [-0.2, 0) is 0 Å². The predicted octanol–water partition coefficient (Wildman–Crippen LogP) is 3.97. The standard InChI is InChI=1S/C17H12N4O4S2/c22-16(14-5-2-8-27-14)20-17(26)19-11-3-1-4-13(9-11)25-15-10-12(21(23)24)6-7-18-15/h1-10H,(H2,19,20,22,26). The van der Waals surface area contributed by atoms with Gasteiger partial charge in [0.15, 0.2) is 5.11 Å². The quantitative estimate of drug-likeness (QED) is 0.379. The molecule has 0 fully saturated rings. The molecule has 0 aliphatic rings. The van der Waals surface area contributed by atoms with Crippen LogP contribution in [0.3, 0.4) is 0 Å². The number of nitro groups is 1. The third-order valence-corrected chi connectivity index (χ3v) is 4.29. The molecule has 0 atom stereocenters. The van der Waals surface area contributed by atoms with Crippen LogP contribution in [0.1, 0.15) is 9.67 Å². The first-order valence-electron chi connectivity index (χ1n) is 7.55. The minimum absolute atomic E-state index is 0.0925. The van der Waals surface area contributed by atoms with Crippen molar-refractivity contribution in [2.75, 3.05) is 5.32 Å². The lowest BCUT2D eigenvalue weighted by atomic mass is 10.3. The average Bonchev–Trinajstić information content (AvgIpc) is 3.17. The van der Waals surface area contributed by atoms with Crippen LogP contribution in [0.4, 0.5) is 11.4 Å². The molecule has 0 radical (unpaired) electrons. The van der Waals surface area contributed by atoms with Crippen molar-refractivity contribution < 1.29 is 14.5 Å². The van der Waals surface area contributed by atoms with E-state index in [1.54, 1.807) is 41.8 Å². The first-order chi connectivity index (χ1) is 13.0. The minimum atomic E-state index is -0.527. The van der Waals surface area contributed by atoms with E-state index in [2.05, 4.69) is 15.6 Å². The van der Waals surface area contributed by atoms with Crippen LogP contribution in [0.15, 0.2) is 60.1 Å². The Balaban J connectivity index is 1.65. The second-order valence-corrected chi connectivity index (χ2v) is 6.48. The second-order valence-electron chi connectivity index (χ2n) is 5.12. The van der Waals surface area contributed by atoms with Crippen LogP contribution in [0.25, 0.3) is 0 Å². The summed E-state index contributed by atoms with van der Waals surface area (Å²) in [6.07, 6.45) is 1.30. The minimum Gasteiger partial charge on any atom is -0.439 e. The maximum Gasteiger partial charge on any atom is 0.276 e. The molecule has 3 aromatic rings. The molecule has 1 amide bonds. The zero-order chi connectivity index (χ0) is 19.2. The van der Waals surface area contributed by atoms with Gasteiger partial charge >= 0.3 is 0 Å². The van der Waals surface area contributed by atoms with E-state index in [9.17, 15) is 14.9 Å². The van der Waals surface area contributed by atoms with Crippen molar-refractivity contribution in [1.29, 1.82) is 0 Å². The van der Waals surface area contributed by atoms with Crippen LogP contribution in [0.5, 0.6) is 11.6 Å². The Morgan fingerprint density at radius 3 is 2.81 bits per heavy atom. The summed E-state index contributed by atoms with van der Waals surface area (Å²) in [5.74, 6) is 0.200. The fraction of sp³-hybridized carbons (Fsp3) is 0. The van der Waals surface area contributed by atoms with Gasteiger partial charge < -0.3 is 10.1 Å². The van der Waals surface area contributed by atoms with E-state index in [1.807, 2.05) is 0 Å². The predicted molar refractivity (Wildman–Crippen MR) is 105 cm³/mol. The lowest BCUT2D eigenvalue weighted by Crippen LogP contribution is -2.33.